The molecule has 266 valence electrons. The minimum atomic E-state index is -1.73. The van der Waals surface area contributed by atoms with Crippen molar-refractivity contribution in [1.29, 1.82) is 0 Å². The molecule has 11 nitrogen and oxygen atoms in total. The van der Waals surface area contributed by atoms with Crippen molar-refractivity contribution in [2.45, 2.75) is 107 Å². The van der Waals surface area contributed by atoms with E-state index in [0.717, 1.165) is 62.8 Å². The number of pyridine rings is 1. The molecular formula is C38H52N4O7. The lowest BCUT2D eigenvalue weighted by Gasteiger charge is -2.25. The quantitative estimate of drug-likeness (QED) is 0.0885. The summed E-state index contributed by atoms with van der Waals surface area (Å²) in [6.45, 7) is 4.50. The topological polar surface area (TPSA) is 176 Å². The molecule has 49 heavy (non-hydrogen) atoms. The van der Waals surface area contributed by atoms with E-state index in [2.05, 4.69) is 77.2 Å². The molecule has 0 radical (unpaired) electrons. The number of aromatic nitrogens is 1. The zero-order valence-corrected chi connectivity index (χ0v) is 28.5. The van der Waals surface area contributed by atoms with Gasteiger partial charge in [0.1, 0.15) is 24.1 Å². The third-order valence-corrected chi connectivity index (χ3v) is 9.79. The van der Waals surface area contributed by atoms with Gasteiger partial charge in [-0.15, -0.1) is 0 Å². The Bertz CT molecular complexity index is 1530. The third-order valence-electron chi connectivity index (χ3n) is 9.79. The summed E-state index contributed by atoms with van der Waals surface area (Å²) < 4.78 is 6.27. The van der Waals surface area contributed by atoms with E-state index in [4.69, 9.17) is 9.84 Å². The first kappa shape index (κ1) is 36.7. The van der Waals surface area contributed by atoms with Crippen molar-refractivity contribution in [3.05, 3.63) is 83.2 Å². The van der Waals surface area contributed by atoms with E-state index in [9.17, 15) is 25.2 Å². The molecule has 0 aliphatic heterocycles. The second kappa shape index (κ2) is 16.9. The molecule has 2 fully saturated rings. The SMILES string of the molecule is Cc1ccc(C(C)CCCCNC(=O)NC[C@H](O)[C@@H](O)[C@H](O)[C@H](O)CO)cc1CNC1(c2cnccc2-c2ccccc2OC2CC2)CC1. The lowest BCUT2D eigenvalue weighted by atomic mass is 9.92. The number of benzene rings is 2. The fraction of sp³-hybridized carbons (Fsp3) is 0.526. The van der Waals surface area contributed by atoms with Crippen LogP contribution in [0.1, 0.15) is 80.0 Å². The predicted molar refractivity (Wildman–Crippen MR) is 187 cm³/mol. The van der Waals surface area contributed by atoms with Gasteiger partial charge in [-0.05, 0) is 91.3 Å². The molecule has 8 N–H and O–H groups in total. The first-order valence-corrected chi connectivity index (χ1v) is 17.5. The van der Waals surface area contributed by atoms with Crippen LogP contribution in [0.4, 0.5) is 4.79 Å². The van der Waals surface area contributed by atoms with Crippen molar-refractivity contribution >= 4 is 6.03 Å². The number of amides is 2. The standard InChI is InChI=1S/C38H52N4O7/c1-24(7-5-6-17-40-37(48)41-22-32(44)35(46)36(47)33(45)23-43)26-11-10-25(2)27(19-26)20-42-38(15-16-38)31-21-39-18-14-29(31)30-8-3-4-9-34(30)49-28-12-13-28/h3-4,8-11,14,18-19,21,24,28,32-33,35-36,42-47H,5-7,12-13,15-17,20,22-23H2,1-2H3,(H2,40,41,48)/t24?,32-,33+,35+,36+/m0/s1. The van der Waals surface area contributed by atoms with Crippen molar-refractivity contribution in [3.8, 4) is 16.9 Å². The van der Waals surface area contributed by atoms with Gasteiger partial charge >= 0.3 is 6.03 Å². The molecule has 0 saturated heterocycles. The number of carbonyl (C=O) groups excluding carboxylic acids is 1. The Balaban J connectivity index is 1.09. The van der Waals surface area contributed by atoms with Gasteiger partial charge in [0.05, 0.1) is 18.8 Å². The normalized spacial score (nSPS) is 18.2. The summed E-state index contributed by atoms with van der Waals surface area (Å²) >= 11 is 0. The molecule has 2 saturated carbocycles. The van der Waals surface area contributed by atoms with Crippen molar-refractivity contribution in [3.63, 3.8) is 0 Å². The zero-order valence-electron chi connectivity index (χ0n) is 28.5. The first-order chi connectivity index (χ1) is 23.6. The highest BCUT2D eigenvalue weighted by atomic mass is 16.5. The van der Waals surface area contributed by atoms with Gasteiger partial charge in [-0.2, -0.15) is 0 Å². The Hall–Kier alpha value is -3.58. The van der Waals surface area contributed by atoms with E-state index in [1.54, 1.807) is 0 Å². The van der Waals surface area contributed by atoms with E-state index in [-0.39, 0.29) is 12.1 Å². The molecule has 5 rings (SSSR count). The molecule has 5 atom stereocenters. The number of aliphatic hydroxyl groups excluding tert-OH is 5. The number of ether oxygens (including phenoxy) is 1. The molecule has 2 amide bonds. The predicted octanol–water partition coefficient (Wildman–Crippen LogP) is 3.39. The highest BCUT2D eigenvalue weighted by Crippen LogP contribution is 2.50. The van der Waals surface area contributed by atoms with E-state index >= 15 is 0 Å². The Kier molecular flexibility index (Phi) is 12.6. The number of nitrogens with zero attached hydrogens (tertiary/aromatic N) is 1. The van der Waals surface area contributed by atoms with Crippen LogP contribution in [-0.2, 0) is 12.1 Å². The van der Waals surface area contributed by atoms with E-state index < -0.39 is 37.1 Å². The third kappa shape index (κ3) is 9.78. The smallest absolute Gasteiger partial charge is 0.314 e. The zero-order chi connectivity index (χ0) is 35.0. The van der Waals surface area contributed by atoms with Gasteiger partial charge in [-0.3, -0.25) is 4.98 Å². The highest BCUT2D eigenvalue weighted by molar-refractivity contribution is 5.75. The maximum absolute atomic E-state index is 12.1. The van der Waals surface area contributed by atoms with Crippen LogP contribution in [0.25, 0.3) is 11.1 Å². The van der Waals surface area contributed by atoms with Crippen LogP contribution in [0.15, 0.2) is 60.9 Å². The average molecular weight is 677 g/mol. The van der Waals surface area contributed by atoms with Crippen molar-refractivity contribution in [1.82, 2.24) is 20.9 Å². The van der Waals surface area contributed by atoms with E-state index in [0.29, 0.717) is 18.6 Å². The van der Waals surface area contributed by atoms with Crippen LogP contribution in [-0.4, -0.2) is 86.8 Å². The summed E-state index contributed by atoms with van der Waals surface area (Å²) in [7, 11) is 0. The summed E-state index contributed by atoms with van der Waals surface area (Å²) in [5.74, 6) is 1.28. The van der Waals surface area contributed by atoms with Gasteiger partial charge in [0.25, 0.3) is 0 Å². The van der Waals surface area contributed by atoms with Gasteiger partial charge in [-0.25, -0.2) is 4.79 Å². The maximum atomic E-state index is 12.1. The van der Waals surface area contributed by atoms with Gasteiger partial charge in [0.15, 0.2) is 0 Å². The summed E-state index contributed by atoms with van der Waals surface area (Å²) in [5, 5.41) is 56.9. The second-order valence-electron chi connectivity index (χ2n) is 13.7. The number of nitrogens with one attached hydrogen (secondary N) is 3. The van der Waals surface area contributed by atoms with Crippen molar-refractivity contribution in [2.75, 3.05) is 19.7 Å². The molecule has 0 bridgehead atoms. The molecule has 1 aromatic heterocycles. The monoisotopic (exact) mass is 676 g/mol. The van der Waals surface area contributed by atoms with Gasteiger partial charge < -0.3 is 46.2 Å². The summed E-state index contributed by atoms with van der Waals surface area (Å²) in [6.07, 6.45) is 4.64. The van der Waals surface area contributed by atoms with Crippen LogP contribution >= 0.6 is 0 Å². The molecule has 2 aromatic carbocycles. The average Bonchev–Trinajstić information content (AvgIpc) is 4.07. The van der Waals surface area contributed by atoms with E-state index in [1.165, 1.54) is 27.8 Å². The van der Waals surface area contributed by atoms with Crippen LogP contribution in [0.3, 0.4) is 0 Å². The van der Waals surface area contributed by atoms with Crippen LogP contribution < -0.4 is 20.7 Å². The number of rotatable bonds is 19. The fourth-order valence-corrected chi connectivity index (χ4v) is 6.18. The van der Waals surface area contributed by atoms with Crippen LogP contribution in [0, 0.1) is 6.92 Å². The highest BCUT2D eigenvalue weighted by Gasteiger charge is 2.46. The fourth-order valence-electron chi connectivity index (χ4n) is 6.18. The number of unbranched alkanes of at least 4 members (excludes halogenated alkanes) is 1. The number of aliphatic hydroxyl groups is 5. The largest absolute Gasteiger partial charge is 0.490 e. The maximum Gasteiger partial charge on any atom is 0.314 e. The Morgan fingerprint density at radius 3 is 2.47 bits per heavy atom. The number of carbonyl (C=O) groups is 1. The molecule has 2 aliphatic rings. The lowest BCUT2D eigenvalue weighted by molar-refractivity contribution is -0.113. The van der Waals surface area contributed by atoms with Crippen molar-refractivity contribution in [2.24, 2.45) is 0 Å². The van der Waals surface area contributed by atoms with Crippen molar-refractivity contribution < 1.29 is 35.1 Å². The van der Waals surface area contributed by atoms with E-state index in [1.807, 2.05) is 18.5 Å². The number of aryl methyl sites for hydroxylation is 1. The minimum Gasteiger partial charge on any atom is -0.490 e. The Morgan fingerprint density at radius 1 is 0.980 bits per heavy atom. The van der Waals surface area contributed by atoms with Gasteiger partial charge in [0.2, 0.25) is 0 Å². The van der Waals surface area contributed by atoms with Crippen LogP contribution in [0.5, 0.6) is 5.75 Å². The molecule has 3 aromatic rings. The summed E-state index contributed by atoms with van der Waals surface area (Å²) in [5.41, 5.74) is 7.21. The molecule has 11 heteroatoms. The number of urea groups is 1. The van der Waals surface area contributed by atoms with Gasteiger partial charge in [0, 0.05) is 43.1 Å². The molecule has 0 spiro atoms. The summed E-state index contributed by atoms with van der Waals surface area (Å²) in [4.78, 5) is 16.6. The Morgan fingerprint density at radius 2 is 1.73 bits per heavy atom. The molecule has 2 aliphatic carbocycles. The molecule has 1 heterocycles. The molecule has 1 unspecified atom stereocenters. The number of hydrogen-bond donors (Lipinski definition) is 8. The molecular weight excluding hydrogens is 624 g/mol. The lowest BCUT2D eigenvalue weighted by Crippen LogP contribution is -2.50. The Labute approximate surface area is 288 Å². The van der Waals surface area contributed by atoms with Crippen LogP contribution in [0.2, 0.25) is 0 Å². The number of hydrogen-bond acceptors (Lipinski definition) is 9. The van der Waals surface area contributed by atoms with Gasteiger partial charge in [-0.1, -0.05) is 49.7 Å². The second-order valence-corrected chi connectivity index (χ2v) is 13.7. The first-order valence-electron chi connectivity index (χ1n) is 17.5. The minimum absolute atomic E-state index is 0.120. The number of para-hydroxylation sites is 1. The summed E-state index contributed by atoms with van der Waals surface area (Å²) in [6, 6.07) is 16.6.